The van der Waals surface area contributed by atoms with Gasteiger partial charge in [0.05, 0.1) is 7.04 Å². The van der Waals surface area contributed by atoms with Crippen LogP contribution >= 0.6 is 13.9 Å². The van der Waals surface area contributed by atoms with Crippen molar-refractivity contribution in [2.75, 3.05) is 13.1 Å². The summed E-state index contributed by atoms with van der Waals surface area (Å²) >= 11 is 0. The average molecular weight is 532 g/mol. The van der Waals surface area contributed by atoms with Crippen molar-refractivity contribution >= 4 is 45.6 Å². The van der Waals surface area contributed by atoms with E-state index < -0.39 is 13.9 Å². The predicted octanol–water partition coefficient (Wildman–Crippen LogP) is 6.54. The van der Waals surface area contributed by atoms with Crippen LogP contribution in [0, 0.1) is 0 Å². The van der Waals surface area contributed by atoms with E-state index in [0.29, 0.717) is 0 Å². The molecule has 0 saturated heterocycles. The molecular weight excluding hydrogens is 496 g/mol. The molecule has 0 aliphatic heterocycles. The molecule has 0 aromatic heterocycles. The summed E-state index contributed by atoms with van der Waals surface area (Å²) in [6, 6.07) is 55.6. The molecule has 0 bridgehead atoms. The van der Waals surface area contributed by atoms with E-state index in [1.807, 2.05) is 0 Å². The lowest BCUT2D eigenvalue weighted by atomic mass is 10.4. The lowest BCUT2D eigenvalue weighted by molar-refractivity contribution is 0.512. The molecule has 0 aliphatic rings. The monoisotopic (exact) mass is 531 g/mol. The van der Waals surface area contributed by atoms with Crippen molar-refractivity contribution in [3.63, 3.8) is 0 Å². The summed E-state index contributed by atoms with van der Waals surface area (Å²) in [7, 11) is -2.30. The van der Waals surface area contributed by atoms with Gasteiger partial charge in [0.2, 0.25) is 0 Å². The maximum absolute atomic E-state index is 4.61. The molecule has 0 fully saturated rings. The van der Waals surface area contributed by atoms with Gasteiger partial charge in [-0.25, -0.2) is 0 Å². The maximum Gasteiger partial charge on any atom is 0.0503 e. The van der Waals surface area contributed by atoms with Crippen molar-refractivity contribution in [2.24, 2.45) is 0 Å². The minimum atomic E-state index is -2.33. The first-order valence-corrected chi connectivity index (χ1v) is 16.9. The van der Waals surface area contributed by atoms with E-state index in [0.717, 1.165) is 13.1 Å². The lowest BCUT2D eigenvalue weighted by Crippen LogP contribution is -2.34. The fourth-order valence-electron chi connectivity index (χ4n) is 5.38. The predicted molar refractivity (Wildman–Crippen MR) is 172 cm³/mol. The molecule has 190 valence electrons. The third-order valence-corrected chi connectivity index (χ3v) is 16.2. The Labute approximate surface area is 228 Å². The molecule has 0 atom stereocenters. The Kier molecular flexibility index (Phi) is 8.34. The number of benzene rings is 5. The zero-order chi connectivity index (χ0) is 26.3. The Balaban J connectivity index is 2.20. The van der Waals surface area contributed by atoms with Gasteiger partial charge in [-0.3, -0.25) is 4.67 Å². The molecule has 0 unspecified atom stereocenters. The number of hydrogen-bond donors (Lipinski definition) is 0. The second-order valence-corrected chi connectivity index (χ2v) is 15.8. The highest BCUT2D eigenvalue weighted by Gasteiger charge is 2.33. The topological polar surface area (TPSA) is 3.24 Å². The Morgan fingerprint density at radius 2 is 0.684 bits per heavy atom. The van der Waals surface area contributed by atoms with E-state index in [2.05, 4.69) is 175 Å². The Hall–Kier alpha value is -3.30. The molecule has 0 amide bonds. The summed E-state index contributed by atoms with van der Waals surface area (Å²) in [5.41, 5.74) is 0. The molecule has 3 heteroatoms. The fraction of sp³-hybridized carbons (Fsp3) is 0.114. The molecule has 0 aliphatic carbocycles. The summed E-state index contributed by atoms with van der Waals surface area (Å²) in [6.45, 7) is 4.14. The Bertz CT molecular complexity index is 1410. The third kappa shape index (κ3) is 4.80. The summed E-state index contributed by atoms with van der Waals surface area (Å²) in [4.78, 5) is 0. The lowest BCUT2D eigenvalue weighted by Gasteiger charge is -2.38. The van der Waals surface area contributed by atoms with Gasteiger partial charge in [-0.15, -0.1) is 0 Å². The number of nitrogens with zero attached hydrogens (tertiary/aromatic N) is 1. The molecule has 5 aromatic carbocycles. The Morgan fingerprint density at radius 1 is 0.421 bits per heavy atom. The molecule has 0 spiro atoms. The van der Waals surface area contributed by atoms with E-state index in [4.69, 9.17) is 0 Å². The van der Waals surface area contributed by atoms with Gasteiger partial charge in [-0.1, -0.05) is 171 Å². The van der Waals surface area contributed by atoms with Gasteiger partial charge >= 0.3 is 0 Å². The Morgan fingerprint density at radius 3 is 0.947 bits per heavy atom. The van der Waals surface area contributed by atoms with Crippen LogP contribution in [-0.2, 0) is 0 Å². The van der Waals surface area contributed by atoms with Crippen LogP contribution in [0.3, 0.4) is 0 Å². The van der Waals surface area contributed by atoms with Gasteiger partial charge in [-0.2, -0.15) is 0 Å². The van der Waals surface area contributed by atoms with Gasteiger partial charge < -0.3 is 0 Å². The SMILES string of the molecule is CCN(CC)P(=C=P(c1ccccc1)(c1ccccc1)c1ccccc1)(c1ccccc1)c1ccccc1. The minimum Gasteiger partial charge on any atom is -0.271 e. The van der Waals surface area contributed by atoms with Crippen molar-refractivity contribution in [2.45, 2.75) is 13.8 Å². The molecule has 0 N–H and O–H groups in total. The molecule has 5 rings (SSSR count). The third-order valence-electron chi connectivity index (χ3n) is 7.14. The van der Waals surface area contributed by atoms with Crippen LogP contribution in [0.1, 0.15) is 13.8 Å². The first kappa shape index (κ1) is 26.3. The van der Waals surface area contributed by atoms with Crippen molar-refractivity contribution in [3.05, 3.63) is 152 Å². The summed E-state index contributed by atoms with van der Waals surface area (Å²) in [6.07, 6.45) is 0. The van der Waals surface area contributed by atoms with E-state index in [1.165, 1.54) is 26.5 Å². The molecule has 38 heavy (non-hydrogen) atoms. The normalized spacial score (nSPS) is 11.8. The number of rotatable bonds is 8. The van der Waals surface area contributed by atoms with E-state index >= 15 is 0 Å². The minimum absolute atomic E-state index is 0.944. The van der Waals surface area contributed by atoms with Crippen LogP contribution in [0.5, 0.6) is 0 Å². The quantitative estimate of drug-likeness (QED) is 0.206. The van der Waals surface area contributed by atoms with Gasteiger partial charge in [0.1, 0.15) is 0 Å². The van der Waals surface area contributed by atoms with Crippen LogP contribution in [0.25, 0.3) is 0 Å². The summed E-state index contributed by atoms with van der Waals surface area (Å²) < 4.78 is 2.68. The maximum atomic E-state index is 4.61. The van der Waals surface area contributed by atoms with Crippen molar-refractivity contribution in [1.82, 2.24) is 4.67 Å². The highest BCUT2D eigenvalue weighted by atomic mass is 31.2. The van der Waals surface area contributed by atoms with Crippen LogP contribution < -0.4 is 26.5 Å². The van der Waals surface area contributed by atoms with E-state index in [9.17, 15) is 0 Å². The second kappa shape index (κ2) is 12.0. The van der Waals surface area contributed by atoms with Gasteiger partial charge in [0.15, 0.2) is 0 Å². The van der Waals surface area contributed by atoms with Crippen LogP contribution in [-0.4, -0.2) is 22.9 Å². The first-order chi connectivity index (χ1) is 18.8. The molecule has 0 heterocycles. The highest BCUT2D eigenvalue weighted by molar-refractivity contribution is 8.03. The standard InChI is InChI=1S/C35H35NP2/c1-3-36(4-2)38(34-26-16-8-17-27-34,35-28-18-9-19-29-35)30-37(31-20-10-5-11-21-31,32-22-12-6-13-23-32)33-24-14-7-15-25-33/h5-29H,3-4H2,1-2H3. The molecule has 0 radical (unpaired) electrons. The fourth-order valence-corrected chi connectivity index (χ4v) is 15.7. The van der Waals surface area contributed by atoms with E-state index in [-0.39, 0.29) is 0 Å². The average Bonchev–Trinajstić information content (AvgIpc) is 3.02. The van der Waals surface area contributed by atoms with E-state index in [1.54, 1.807) is 0 Å². The first-order valence-electron chi connectivity index (χ1n) is 13.4. The van der Waals surface area contributed by atoms with Crippen molar-refractivity contribution in [3.8, 4) is 0 Å². The molecular formula is C35H35NP2. The van der Waals surface area contributed by atoms with Gasteiger partial charge in [0.25, 0.3) is 0 Å². The molecule has 5 aromatic rings. The molecule has 1 nitrogen and oxygen atoms in total. The summed E-state index contributed by atoms with van der Waals surface area (Å²) in [5.74, 6) is 0. The van der Waals surface area contributed by atoms with Crippen molar-refractivity contribution in [1.29, 1.82) is 0 Å². The summed E-state index contributed by atoms with van der Waals surface area (Å²) in [5, 5.41) is 11.3. The van der Waals surface area contributed by atoms with Crippen molar-refractivity contribution < 1.29 is 0 Å². The van der Waals surface area contributed by atoms with Crippen LogP contribution in [0.4, 0.5) is 0 Å². The van der Waals surface area contributed by atoms with Gasteiger partial charge in [0, 0.05) is 30.6 Å². The molecule has 0 saturated carbocycles. The van der Waals surface area contributed by atoms with Gasteiger partial charge in [-0.05, 0) is 15.9 Å². The van der Waals surface area contributed by atoms with Crippen LogP contribution in [0.2, 0.25) is 0 Å². The number of hydrogen-bond acceptors (Lipinski definition) is 1. The smallest absolute Gasteiger partial charge is 0.0503 e. The zero-order valence-electron chi connectivity index (χ0n) is 22.2. The largest absolute Gasteiger partial charge is 0.271 e. The van der Waals surface area contributed by atoms with Crippen LogP contribution in [0.15, 0.2) is 152 Å². The zero-order valence-corrected chi connectivity index (χ0v) is 24.0. The second-order valence-electron chi connectivity index (χ2n) is 9.22. The highest BCUT2D eigenvalue weighted by Crippen LogP contribution is 2.54.